The van der Waals surface area contributed by atoms with Gasteiger partial charge in [-0.2, -0.15) is 0 Å². The lowest BCUT2D eigenvalue weighted by atomic mass is 10.1. The van der Waals surface area contributed by atoms with Gasteiger partial charge in [-0.1, -0.05) is 24.3 Å². The topological polar surface area (TPSA) is 63.6 Å². The Morgan fingerprint density at radius 3 is 2.65 bits per heavy atom. The minimum Gasteiger partial charge on any atom is -0.492 e. The summed E-state index contributed by atoms with van der Waals surface area (Å²) in [5, 5.41) is 3.61. The van der Waals surface area contributed by atoms with Crippen molar-refractivity contribution in [1.82, 2.24) is 14.8 Å². The van der Waals surface area contributed by atoms with Gasteiger partial charge < -0.3 is 9.30 Å². The van der Waals surface area contributed by atoms with Crippen LogP contribution in [0.4, 0.5) is 0 Å². The van der Waals surface area contributed by atoms with Gasteiger partial charge in [0.2, 0.25) is 0 Å². The van der Waals surface area contributed by atoms with Crippen molar-refractivity contribution in [2.75, 3.05) is 13.7 Å². The number of thiocarbonyl (C=S) groups is 1. The highest BCUT2D eigenvalue weighted by molar-refractivity contribution is 7.80. The molecule has 3 aromatic rings. The fourth-order valence-electron chi connectivity index (χ4n) is 3.54. The Balaban J connectivity index is 1.60. The van der Waals surface area contributed by atoms with E-state index in [1.165, 1.54) is 16.0 Å². The first kappa shape index (κ1) is 20.8. The molecule has 2 heterocycles. The van der Waals surface area contributed by atoms with Crippen LogP contribution < -0.4 is 10.1 Å². The Bertz CT molecular complexity index is 1240. The number of amides is 2. The zero-order valence-electron chi connectivity index (χ0n) is 17.6. The zero-order chi connectivity index (χ0) is 22.1. The fourth-order valence-corrected chi connectivity index (χ4v) is 3.72. The van der Waals surface area contributed by atoms with Crippen LogP contribution in [-0.4, -0.2) is 40.0 Å². The first-order chi connectivity index (χ1) is 14.8. The van der Waals surface area contributed by atoms with E-state index in [1.54, 1.807) is 13.1 Å². The second kappa shape index (κ2) is 8.35. The molecule has 1 aliphatic rings. The summed E-state index contributed by atoms with van der Waals surface area (Å²) < 4.78 is 8.01. The molecule has 0 unspecified atom stereocenters. The molecule has 2 amide bonds. The molecule has 1 N–H and O–H groups in total. The average molecular weight is 434 g/mol. The largest absolute Gasteiger partial charge is 0.492 e. The van der Waals surface area contributed by atoms with Gasteiger partial charge in [0, 0.05) is 29.7 Å². The number of carbonyl (C=O) groups excluding carboxylic acids is 2. The molecule has 31 heavy (non-hydrogen) atoms. The molecule has 6 nitrogen and oxygen atoms in total. The quantitative estimate of drug-likeness (QED) is 0.379. The van der Waals surface area contributed by atoms with E-state index in [0.29, 0.717) is 13.2 Å². The third-order valence-corrected chi connectivity index (χ3v) is 5.88. The van der Waals surface area contributed by atoms with Crippen LogP contribution in [0, 0.1) is 13.8 Å². The number of ether oxygens (including phenoxy) is 1. The number of nitrogens with zero attached hydrogens (tertiary/aromatic N) is 2. The lowest BCUT2D eigenvalue weighted by Gasteiger charge is -2.24. The Morgan fingerprint density at radius 2 is 1.87 bits per heavy atom. The Labute approximate surface area is 186 Å². The molecule has 158 valence electrons. The molecule has 1 aliphatic heterocycles. The summed E-state index contributed by atoms with van der Waals surface area (Å²) in [6.07, 6.45) is 3.56. The number of hydrogen-bond acceptors (Lipinski definition) is 4. The molecule has 0 saturated carbocycles. The summed E-state index contributed by atoms with van der Waals surface area (Å²) in [5.74, 6) is -0.0583. The smallest absolute Gasteiger partial charge is 0.265 e. The summed E-state index contributed by atoms with van der Waals surface area (Å²) in [6, 6.07) is 13.9. The maximum absolute atomic E-state index is 12.6. The van der Waals surface area contributed by atoms with Crippen LogP contribution in [0.25, 0.3) is 17.0 Å². The summed E-state index contributed by atoms with van der Waals surface area (Å²) in [7, 11) is 1.55. The van der Waals surface area contributed by atoms with Gasteiger partial charge in [-0.05, 0) is 61.5 Å². The molecule has 0 aliphatic carbocycles. The van der Waals surface area contributed by atoms with Crippen LogP contribution in [0.3, 0.4) is 0 Å². The summed E-state index contributed by atoms with van der Waals surface area (Å²) in [5.41, 5.74) is 4.28. The van der Waals surface area contributed by atoms with Crippen molar-refractivity contribution in [3.8, 4) is 5.75 Å². The molecule has 0 spiro atoms. The molecular formula is C24H23N3O3S. The van der Waals surface area contributed by atoms with Crippen LogP contribution in [0.2, 0.25) is 0 Å². The number of para-hydroxylation sites is 1. The number of likely N-dealkylation sites (N-methyl/N-ethyl adjacent to an activating group) is 1. The standard InChI is InChI=1S/C24H23N3O3S/c1-15-8-9-18(12-16(15)2)30-11-10-27-14-17(19-6-4-5-7-21(19)27)13-20-22(28)25-24(31)26(3)23(20)29/h4-9,12-14H,10-11H2,1-3H3,(H,25,28,31)/b20-13+. The minimum atomic E-state index is -0.483. The second-order valence-corrected chi connectivity index (χ2v) is 7.96. The van der Waals surface area contributed by atoms with Crippen molar-refractivity contribution in [1.29, 1.82) is 0 Å². The number of carbonyl (C=O) groups is 2. The van der Waals surface area contributed by atoms with Crippen LogP contribution in [-0.2, 0) is 16.1 Å². The van der Waals surface area contributed by atoms with E-state index in [4.69, 9.17) is 17.0 Å². The molecule has 1 fully saturated rings. The minimum absolute atomic E-state index is 0.0605. The lowest BCUT2D eigenvalue weighted by molar-refractivity contribution is -0.128. The van der Waals surface area contributed by atoms with E-state index in [-0.39, 0.29) is 10.7 Å². The van der Waals surface area contributed by atoms with Gasteiger partial charge in [0.1, 0.15) is 17.9 Å². The molecule has 4 rings (SSSR count). The molecule has 0 radical (unpaired) electrons. The Morgan fingerprint density at radius 1 is 1.10 bits per heavy atom. The SMILES string of the molecule is Cc1ccc(OCCn2cc(/C=C3\C(=O)NC(=S)N(C)C3=O)c3ccccc32)cc1C. The zero-order valence-corrected chi connectivity index (χ0v) is 18.5. The van der Waals surface area contributed by atoms with Crippen LogP contribution in [0.15, 0.2) is 54.2 Å². The number of benzene rings is 2. The normalized spacial score (nSPS) is 15.6. The Hall–Kier alpha value is -3.45. The molecular weight excluding hydrogens is 410 g/mol. The predicted octanol–water partition coefficient (Wildman–Crippen LogP) is 3.59. The van der Waals surface area contributed by atoms with Crippen LogP contribution in [0.5, 0.6) is 5.75 Å². The van der Waals surface area contributed by atoms with Gasteiger partial charge in [0.15, 0.2) is 5.11 Å². The van der Waals surface area contributed by atoms with Crippen molar-refractivity contribution >= 4 is 46.1 Å². The number of fused-ring (bicyclic) bond motifs is 1. The first-order valence-electron chi connectivity index (χ1n) is 9.98. The van der Waals surface area contributed by atoms with Crippen LogP contribution >= 0.6 is 12.2 Å². The number of aromatic nitrogens is 1. The number of aryl methyl sites for hydroxylation is 2. The molecule has 0 bridgehead atoms. The van der Waals surface area contributed by atoms with E-state index in [9.17, 15) is 9.59 Å². The molecule has 0 atom stereocenters. The monoisotopic (exact) mass is 433 g/mol. The number of hydrogen-bond donors (Lipinski definition) is 1. The van der Waals surface area contributed by atoms with E-state index in [2.05, 4.69) is 29.8 Å². The molecule has 2 aromatic carbocycles. The van der Waals surface area contributed by atoms with E-state index >= 15 is 0 Å². The fraction of sp³-hybridized carbons (Fsp3) is 0.208. The summed E-state index contributed by atoms with van der Waals surface area (Å²) in [6.45, 7) is 5.26. The molecule has 1 saturated heterocycles. The third kappa shape index (κ3) is 4.09. The number of rotatable bonds is 5. The molecule has 7 heteroatoms. The van der Waals surface area contributed by atoms with E-state index in [1.807, 2.05) is 42.6 Å². The van der Waals surface area contributed by atoms with Gasteiger partial charge in [-0.3, -0.25) is 19.8 Å². The lowest BCUT2D eigenvalue weighted by Crippen LogP contribution is -2.52. The highest BCUT2D eigenvalue weighted by atomic mass is 32.1. The summed E-state index contributed by atoms with van der Waals surface area (Å²) in [4.78, 5) is 26.2. The van der Waals surface area contributed by atoms with Gasteiger partial charge >= 0.3 is 0 Å². The molecule has 1 aromatic heterocycles. The maximum atomic E-state index is 12.6. The van der Waals surface area contributed by atoms with E-state index < -0.39 is 11.8 Å². The van der Waals surface area contributed by atoms with E-state index in [0.717, 1.165) is 22.2 Å². The van der Waals surface area contributed by atoms with Crippen LogP contribution in [0.1, 0.15) is 16.7 Å². The van der Waals surface area contributed by atoms with Crippen molar-refractivity contribution in [3.63, 3.8) is 0 Å². The van der Waals surface area contributed by atoms with Crippen molar-refractivity contribution < 1.29 is 14.3 Å². The third-order valence-electron chi connectivity index (χ3n) is 5.50. The van der Waals surface area contributed by atoms with Crippen molar-refractivity contribution in [2.24, 2.45) is 0 Å². The van der Waals surface area contributed by atoms with Crippen molar-refractivity contribution in [3.05, 3.63) is 70.9 Å². The average Bonchev–Trinajstić information content (AvgIpc) is 3.10. The van der Waals surface area contributed by atoms with Gasteiger partial charge in [-0.15, -0.1) is 0 Å². The first-order valence-corrected chi connectivity index (χ1v) is 10.4. The highest BCUT2D eigenvalue weighted by Gasteiger charge is 2.31. The maximum Gasteiger partial charge on any atom is 0.265 e. The van der Waals surface area contributed by atoms with Crippen molar-refractivity contribution in [2.45, 2.75) is 20.4 Å². The Kier molecular flexibility index (Phi) is 5.61. The second-order valence-electron chi connectivity index (χ2n) is 7.57. The van der Waals surface area contributed by atoms with Gasteiger partial charge in [0.25, 0.3) is 11.8 Å². The van der Waals surface area contributed by atoms with Gasteiger partial charge in [-0.25, -0.2) is 0 Å². The highest BCUT2D eigenvalue weighted by Crippen LogP contribution is 2.25. The predicted molar refractivity (Wildman–Crippen MR) is 125 cm³/mol. The summed E-state index contributed by atoms with van der Waals surface area (Å²) >= 11 is 5.01. The number of nitrogens with one attached hydrogen (secondary N) is 1. The van der Waals surface area contributed by atoms with Gasteiger partial charge in [0.05, 0.1) is 6.54 Å².